The van der Waals surface area contributed by atoms with Crippen molar-refractivity contribution in [2.24, 2.45) is 11.8 Å². The van der Waals surface area contributed by atoms with Crippen molar-refractivity contribution in [2.75, 3.05) is 31.2 Å². The van der Waals surface area contributed by atoms with Gasteiger partial charge in [-0.3, -0.25) is 4.79 Å². The van der Waals surface area contributed by atoms with Crippen molar-refractivity contribution in [1.82, 2.24) is 4.72 Å². The van der Waals surface area contributed by atoms with Crippen LogP contribution in [-0.4, -0.2) is 65.4 Å². The van der Waals surface area contributed by atoms with E-state index in [-0.39, 0.29) is 47.3 Å². The number of hydrogen-bond donors (Lipinski definition) is 2. The van der Waals surface area contributed by atoms with Gasteiger partial charge >= 0.3 is 0 Å². The van der Waals surface area contributed by atoms with Crippen molar-refractivity contribution in [1.29, 1.82) is 0 Å². The fourth-order valence-corrected chi connectivity index (χ4v) is 16.5. The fourth-order valence-electron chi connectivity index (χ4n) is 10.3. The number of aryl methyl sites for hydroxylation is 1. The molecule has 1 fully saturated rings. The van der Waals surface area contributed by atoms with Crippen molar-refractivity contribution < 1.29 is 27.5 Å². The van der Waals surface area contributed by atoms with Gasteiger partial charge in [0.1, 0.15) is 5.75 Å². The zero-order valence-electron chi connectivity index (χ0n) is 34.4. The van der Waals surface area contributed by atoms with E-state index in [1.807, 2.05) is 60.7 Å². The Labute approximate surface area is 356 Å². The minimum absolute atomic E-state index is 0.0750. The number of halogens is 1. The molecule has 11 heteroatoms. The van der Waals surface area contributed by atoms with E-state index >= 15 is 0 Å². The van der Waals surface area contributed by atoms with Crippen LogP contribution in [0.2, 0.25) is 10.1 Å². The van der Waals surface area contributed by atoms with Gasteiger partial charge in [0.05, 0.1) is 23.6 Å². The van der Waals surface area contributed by atoms with Crippen LogP contribution in [0.1, 0.15) is 87.2 Å². The number of benzene rings is 4. The number of nitrogens with one attached hydrogen (secondary N) is 1. The molecule has 0 saturated heterocycles. The minimum Gasteiger partial charge on any atom is -0.490 e. The Morgan fingerprint density at radius 3 is 2.37 bits per heavy atom. The van der Waals surface area contributed by atoms with E-state index in [1.54, 1.807) is 12.1 Å². The maximum absolute atomic E-state index is 14.4. The molecule has 4 aromatic carbocycles. The molecule has 4 aromatic rings. The first kappa shape index (κ1) is 41.8. The van der Waals surface area contributed by atoms with Crippen molar-refractivity contribution in [3.05, 3.63) is 131 Å². The third kappa shape index (κ3) is 8.28. The molecule has 2 heterocycles. The van der Waals surface area contributed by atoms with Crippen LogP contribution in [-0.2, 0) is 26.3 Å². The molecule has 5 atom stereocenters. The Kier molecular flexibility index (Phi) is 11.9. The van der Waals surface area contributed by atoms with Crippen LogP contribution in [0, 0.1) is 11.8 Å². The number of nitrogens with zero attached hydrogens (tertiary/aromatic N) is 1. The van der Waals surface area contributed by atoms with Gasteiger partial charge in [0.2, 0.25) is 10.0 Å². The summed E-state index contributed by atoms with van der Waals surface area (Å²) in [5.74, 6) is 0.314. The van der Waals surface area contributed by atoms with Gasteiger partial charge in [-0.05, 0) is 120 Å². The van der Waals surface area contributed by atoms with E-state index in [4.69, 9.17) is 20.8 Å². The van der Waals surface area contributed by atoms with Gasteiger partial charge in [0.15, 0.2) is 0 Å². The van der Waals surface area contributed by atoms with Gasteiger partial charge in [-0.25, -0.2) is 13.1 Å². The highest BCUT2D eigenvalue weighted by molar-refractivity contribution is 7.90. The molecule has 0 aromatic heterocycles. The summed E-state index contributed by atoms with van der Waals surface area (Å²) < 4.78 is 45.0. The van der Waals surface area contributed by atoms with Crippen LogP contribution in [0.15, 0.2) is 109 Å². The number of ether oxygens (including phenoxy) is 1. The van der Waals surface area contributed by atoms with Gasteiger partial charge < -0.3 is 19.2 Å². The molecule has 59 heavy (non-hydrogen) atoms. The summed E-state index contributed by atoms with van der Waals surface area (Å²) in [5.41, 5.74) is 3.21. The summed E-state index contributed by atoms with van der Waals surface area (Å²) in [5, 5.41) is 13.3. The number of allylic oxidation sites excluding steroid dienone is 1. The first-order valence-corrected chi connectivity index (χ1v) is 25.1. The lowest BCUT2D eigenvalue weighted by molar-refractivity contribution is 0.0456. The molecule has 0 radical (unpaired) electrons. The summed E-state index contributed by atoms with van der Waals surface area (Å²) in [7, 11) is -7.10. The van der Waals surface area contributed by atoms with Gasteiger partial charge in [0.25, 0.3) is 14.2 Å². The maximum atomic E-state index is 14.4. The molecule has 0 unspecified atom stereocenters. The van der Waals surface area contributed by atoms with E-state index in [0.29, 0.717) is 31.9 Å². The first-order valence-electron chi connectivity index (χ1n) is 21.3. The lowest BCUT2D eigenvalue weighted by atomic mass is 9.68. The molecular formula is C48H57ClN2O6SSi. The maximum Gasteiger partial charge on any atom is 0.264 e. The Morgan fingerprint density at radius 2 is 1.69 bits per heavy atom. The van der Waals surface area contributed by atoms with Gasteiger partial charge in [0, 0.05) is 35.7 Å². The topological polar surface area (TPSA) is 105 Å². The van der Waals surface area contributed by atoms with Crippen molar-refractivity contribution >= 4 is 51.9 Å². The number of anilines is 1. The van der Waals surface area contributed by atoms with Crippen LogP contribution in [0.4, 0.5) is 5.69 Å². The van der Waals surface area contributed by atoms with E-state index in [1.165, 1.54) is 11.1 Å². The summed E-state index contributed by atoms with van der Waals surface area (Å²) in [6.45, 7) is 8.60. The van der Waals surface area contributed by atoms with Crippen molar-refractivity contribution in [3.63, 3.8) is 0 Å². The predicted octanol–water partition coefficient (Wildman–Crippen LogP) is 7.95. The zero-order valence-corrected chi connectivity index (χ0v) is 37.0. The van der Waals surface area contributed by atoms with Crippen LogP contribution < -0.4 is 24.7 Å². The second-order valence-electron chi connectivity index (χ2n) is 18.2. The second-order valence-corrected chi connectivity index (χ2v) is 24.9. The highest BCUT2D eigenvalue weighted by atomic mass is 35.5. The van der Waals surface area contributed by atoms with E-state index in [2.05, 4.69) is 66.8 Å². The number of sulfonamides is 1. The Morgan fingerprint density at radius 1 is 0.966 bits per heavy atom. The standard InChI is InChI=1S/C48H57ClN2O6SSi/c1-47(2,3)59(39-15-6-4-7-16-39,40-17-8-5-9-18-40)57-28-26-38-14-10-11-19-44(52)41-23-20-36(41)31-51-32-48(27-12-13-34-29-37(49)22-24-42(34)48)33-56-45-25-21-35(30-43(45)51)46(53)50-58(38,54)55/h4-9,11,15-19,21-22,24-25,29-30,36,38,41,44,52H,10,12-14,20,23,26-28,31-33H2,1-3H3,(H,50,53)/b19-11-/t36-,38-,41+,44-,48-/m0/s1. The zero-order chi connectivity index (χ0) is 41.4. The summed E-state index contributed by atoms with van der Waals surface area (Å²) in [6, 6.07) is 32.0. The molecule has 8 rings (SSSR count). The average Bonchev–Trinajstić information content (AvgIpc) is 3.35. The Bertz CT molecular complexity index is 2240. The molecule has 2 N–H and O–H groups in total. The molecule has 1 saturated carbocycles. The quantitative estimate of drug-likeness (QED) is 0.150. The predicted molar refractivity (Wildman–Crippen MR) is 239 cm³/mol. The van der Waals surface area contributed by atoms with Gasteiger partial charge in [-0.2, -0.15) is 0 Å². The average molecular weight is 854 g/mol. The van der Waals surface area contributed by atoms with E-state index in [9.17, 15) is 18.3 Å². The lowest BCUT2D eigenvalue weighted by Gasteiger charge is -2.45. The number of carbonyl (C=O) groups excluding carboxylic acids is 1. The lowest BCUT2D eigenvalue weighted by Crippen LogP contribution is -2.66. The van der Waals surface area contributed by atoms with Gasteiger partial charge in [-0.15, -0.1) is 0 Å². The van der Waals surface area contributed by atoms with E-state index < -0.39 is 35.6 Å². The molecule has 8 nitrogen and oxygen atoms in total. The van der Waals surface area contributed by atoms with Gasteiger partial charge in [-0.1, -0.05) is 111 Å². The second kappa shape index (κ2) is 16.8. The molecular weight excluding hydrogens is 796 g/mol. The molecule has 2 aliphatic carbocycles. The molecule has 1 amide bonds. The molecule has 2 bridgehead atoms. The van der Waals surface area contributed by atoms with Crippen LogP contribution in [0.3, 0.4) is 0 Å². The molecule has 1 spiro atoms. The highest BCUT2D eigenvalue weighted by Gasteiger charge is 2.50. The van der Waals surface area contributed by atoms with Crippen LogP contribution >= 0.6 is 11.6 Å². The smallest absolute Gasteiger partial charge is 0.264 e. The SMILES string of the molecule is CC(C)(C)[Si](OCC[C@@H]1CC/C=C\[C@H](O)[C@@H]2CC[C@H]2CN2C[C@@]3(CCCc4cc(Cl)ccc43)COc3ccc(cc32)C(=O)NS1(=O)=O)(c1ccccc1)c1ccccc1. The highest BCUT2D eigenvalue weighted by Crippen LogP contribution is 2.47. The number of aliphatic hydroxyl groups excluding tert-OH is 1. The van der Waals surface area contributed by atoms with Crippen molar-refractivity contribution in [3.8, 4) is 5.75 Å². The first-order chi connectivity index (χ1) is 28.3. The summed E-state index contributed by atoms with van der Waals surface area (Å²) >= 11 is 6.47. The monoisotopic (exact) mass is 852 g/mol. The number of carbonyl (C=O) groups is 1. The Hall–Kier alpha value is -3.93. The third-order valence-electron chi connectivity index (χ3n) is 13.5. The fraction of sp³-hybridized carbons (Fsp3) is 0.438. The molecule has 2 aliphatic heterocycles. The summed E-state index contributed by atoms with van der Waals surface area (Å²) in [6.07, 6.45) is 8.83. The number of aliphatic hydroxyl groups is 1. The normalized spacial score (nSPS) is 26.3. The van der Waals surface area contributed by atoms with Crippen LogP contribution in [0.5, 0.6) is 5.75 Å². The number of amides is 1. The Balaban J connectivity index is 1.11. The number of hydrogen-bond acceptors (Lipinski definition) is 7. The largest absolute Gasteiger partial charge is 0.490 e. The van der Waals surface area contributed by atoms with Crippen molar-refractivity contribution in [2.45, 2.75) is 93.9 Å². The third-order valence-corrected chi connectivity index (χ3v) is 20.6. The number of rotatable bonds is 6. The molecule has 312 valence electrons. The van der Waals surface area contributed by atoms with Crippen LogP contribution in [0.25, 0.3) is 0 Å². The minimum atomic E-state index is -4.17. The summed E-state index contributed by atoms with van der Waals surface area (Å²) in [4.78, 5) is 16.4. The molecule has 4 aliphatic rings. The van der Waals surface area contributed by atoms with E-state index in [0.717, 1.165) is 53.2 Å². The number of fused-ring (bicyclic) bond motifs is 4.